The first-order chi connectivity index (χ1) is 12.9. The predicted molar refractivity (Wildman–Crippen MR) is 104 cm³/mol. The molecule has 4 rings (SSSR count). The summed E-state index contributed by atoms with van der Waals surface area (Å²) in [5.74, 6) is 1.33. The highest BCUT2D eigenvalue weighted by atomic mass is 16.5. The first kappa shape index (κ1) is 17.5. The summed E-state index contributed by atoms with van der Waals surface area (Å²) in [5, 5.41) is 0. The molecule has 26 heavy (non-hydrogen) atoms. The van der Waals surface area contributed by atoms with Crippen LogP contribution in [-0.2, 0) is 0 Å². The smallest absolute Gasteiger partial charge is 0.128 e. The number of likely N-dealkylation sites (tertiary alicyclic amines) is 1. The molecule has 4 nitrogen and oxygen atoms in total. The van der Waals surface area contributed by atoms with Crippen molar-refractivity contribution in [2.24, 2.45) is 0 Å². The Morgan fingerprint density at radius 3 is 2.62 bits per heavy atom. The van der Waals surface area contributed by atoms with E-state index in [9.17, 15) is 0 Å². The molecule has 1 atom stereocenters. The Hall–Kier alpha value is -1.94. The van der Waals surface area contributed by atoms with E-state index in [2.05, 4.69) is 11.0 Å². The summed E-state index contributed by atoms with van der Waals surface area (Å²) in [6.07, 6.45) is 13.0. The van der Waals surface area contributed by atoms with Crippen LogP contribution in [0.25, 0.3) is 11.3 Å². The van der Waals surface area contributed by atoms with E-state index in [-0.39, 0.29) is 0 Å². The van der Waals surface area contributed by atoms with Crippen LogP contribution >= 0.6 is 0 Å². The number of aromatic nitrogens is 2. The van der Waals surface area contributed by atoms with Gasteiger partial charge in [-0.2, -0.15) is 0 Å². The first-order valence-corrected chi connectivity index (χ1v) is 10.0. The maximum absolute atomic E-state index is 5.58. The van der Waals surface area contributed by atoms with Crippen LogP contribution in [0.1, 0.15) is 56.6 Å². The molecule has 4 heteroatoms. The number of hydrogen-bond acceptors (Lipinski definition) is 4. The van der Waals surface area contributed by atoms with Gasteiger partial charge >= 0.3 is 0 Å². The second kappa shape index (κ2) is 8.17. The average molecular weight is 351 g/mol. The average Bonchev–Trinajstić information content (AvgIpc) is 2.74. The fourth-order valence-corrected chi connectivity index (χ4v) is 4.70. The lowest BCUT2D eigenvalue weighted by Crippen LogP contribution is -2.43. The van der Waals surface area contributed by atoms with E-state index in [0.29, 0.717) is 5.92 Å². The molecule has 0 amide bonds. The molecule has 0 N–H and O–H groups in total. The highest BCUT2D eigenvalue weighted by Gasteiger charge is 2.30. The van der Waals surface area contributed by atoms with Crippen molar-refractivity contribution >= 4 is 0 Å². The van der Waals surface area contributed by atoms with E-state index in [1.165, 1.54) is 51.5 Å². The van der Waals surface area contributed by atoms with Crippen molar-refractivity contribution in [2.45, 2.75) is 56.9 Å². The Morgan fingerprint density at radius 1 is 0.962 bits per heavy atom. The van der Waals surface area contributed by atoms with Gasteiger partial charge in [0.2, 0.25) is 0 Å². The number of piperidine rings is 1. The Morgan fingerprint density at radius 2 is 1.77 bits per heavy atom. The van der Waals surface area contributed by atoms with Crippen LogP contribution in [0.2, 0.25) is 0 Å². The van der Waals surface area contributed by atoms with Gasteiger partial charge in [0.15, 0.2) is 0 Å². The van der Waals surface area contributed by atoms with Gasteiger partial charge in [0.05, 0.1) is 18.5 Å². The van der Waals surface area contributed by atoms with Gasteiger partial charge in [0.1, 0.15) is 5.75 Å². The van der Waals surface area contributed by atoms with Gasteiger partial charge in [0.25, 0.3) is 0 Å². The van der Waals surface area contributed by atoms with Crippen LogP contribution in [0.15, 0.2) is 36.7 Å². The van der Waals surface area contributed by atoms with Gasteiger partial charge in [-0.1, -0.05) is 31.4 Å². The van der Waals surface area contributed by atoms with Crippen LogP contribution in [0.5, 0.6) is 5.75 Å². The van der Waals surface area contributed by atoms with Gasteiger partial charge < -0.3 is 4.74 Å². The second-order valence-electron chi connectivity index (χ2n) is 7.62. The van der Waals surface area contributed by atoms with Crippen molar-refractivity contribution in [1.82, 2.24) is 14.9 Å². The molecule has 2 aromatic rings. The van der Waals surface area contributed by atoms with E-state index in [1.54, 1.807) is 13.3 Å². The number of hydrogen-bond donors (Lipinski definition) is 0. The van der Waals surface area contributed by atoms with Crippen molar-refractivity contribution in [1.29, 1.82) is 0 Å². The van der Waals surface area contributed by atoms with Crippen LogP contribution in [0, 0.1) is 0 Å². The lowest BCUT2D eigenvalue weighted by Gasteiger charge is -2.40. The van der Waals surface area contributed by atoms with Crippen molar-refractivity contribution in [3.8, 4) is 17.0 Å². The predicted octanol–water partition coefficient (Wildman–Crippen LogP) is 4.66. The van der Waals surface area contributed by atoms with Gasteiger partial charge in [-0.3, -0.25) is 14.9 Å². The summed E-state index contributed by atoms with van der Waals surface area (Å²) in [5.41, 5.74) is 3.17. The first-order valence-electron chi connectivity index (χ1n) is 10.0. The normalized spacial score (nSPS) is 22.3. The fourth-order valence-electron chi connectivity index (χ4n) is 4.70. The molecule has 1 aromatic heterocycles. The standard InChI is InChI=1S/C22H29N3O/c1-26-20-12-6-5-11-19(20)22-21(23-13-14-24-22)17-8-7-15-25(16-17)18-9-3-2-4-10-18/h5-6,11-14,17-18H,2-4,7-10,15-16H2,1H3/t17-/m0/s1. The van der Waals surface area contributed by atoms with E-state index in [1.807, 2.05) is 24.4 Å². The van der Waals surface area contributed by atoms with Gasteiger partial charge in [0, 0.05) is 36.5 Å². The third-order valence-electron chi connectivity index (χ3n) is 6.02. The summed E-state index contributed by atoms with van der Waals surface area (Å²) in [4.78, 5) is 12.2. The molecule has 1 saturated carbocycles. The Labute approximate surface area is 156 Å². The van der Waals surface area contributed by atoms with Crippen LogP contribution in [-0.4, -0.2) is 41.1 Å². The molecule has 0 radical (unpaired) electrons. The number of ether oxygens (including phenoxy) is 1. The monoisotopic (exact) mass is 351 g/mol. The number of rotatable bonds is 4. The summed E-state index contributed by atoms with van der Waals surface area (Å²) in [6.45, 7) is 2.36. The fraction of sp³-hybridized carbons (Fsp3) is 0.545. The van der Waals surface area contributed by atoms with Crippen molar-refractivity contribution in [2.75, 3.05) is 20.2 Å². The molecule has 1 aliphatic carbocycles. The van der Waals surface area contributed by atoms with Crippen LogP contribution in [0.4, 0.5) is 0 Å². The summed E-state index contributed by atoms with van der Waals surface area (Å²) < 4.78 is 5.58. The highest BCUT2D eigenvalue weighted by Crippen LogP contribution is 2.37. The number of para-hydroxylation sites is 1. The number of benzene rings is 1. The maximum Gasteiger partial charge on any atom is 0.128 e. The summed E-state index contributed by atoms with van der Waals surface area (Å²) >= 11 is 0. The van der Waals surface area contributed by atoms with Crippen molar-refractivity contribution in [3.05, 3.63) is 42.4 Å². The Kier molecular flexibility index (Phi) is 5.49. The molecule has 1 aromatic carbocycles. The van der Waals surface area contributed by atoms with Crippen molar-refractivity contribution < 1.29 is 4.74 Å². The maximum atomic E-state index is 5.58. The number of nitrogens with zero attached hydrogens (tertiary/aromatic N) is 3. The largest absolute Gasteiger partial charge is 0.496 e. The lowest BCUT2D eigenvalue weighted by atomic mass is 9.87. The Balaban J connectivity index is 1.61. The zero-order chi connectivity index (χ0) is 17.8. The molecule has 1 saturated heterocycles. The molecule has 0 spiro atoms. The second-order valence-corrected chi connectivity index (χ2v) is 7.62. The third kappa shape index (κ3) is 3.61. The molecule has 2 aliphatic rings. The summed E-state index contributed by atoms with van der Waals surface area (Å²) in [6, 6.07) is 8.92. The van der Waals surface area contributed by atoms with E-state index < -0.39 is 0 Å². The van der Waals surface area contributed by atoms with Crippen molar-refractivity contribution in [3.63, 3.8) is 0 Å². The minimum Gasteiger partial charge on any atom is -0.496 e. The van der Waals surface area contributed by atoms with Crippen LogP contribution < -0.4 is 4.74 Å². The SMILES string of the molecule is COc1ccccc1-c1nccnc1[C@H]1CCCN(C2CCCCC2)C1. The van der Waals surface area contributed by atoms with E-state index in [4.69, 9.17) is 14.7 Å². The number of methoxy groups -OCH3 is 1. The molecule has 1 aliphatic heterocycles. The minimum absolute atomic E-state index is 0.458. The zero-order valence-electron chi connectivity index (χ0n) is 15.7. The zero-order valence-corrected chi connectivity index (χ0v) is 15.7. The summed E-state index contributed by atoms with van der Waals surface area (Å²) in [7, 11) is 1.72. The molecule has 0 unspecified atom stereocenters. The van der Waals surface area contributed by atoms with Gasteiger partial charge in [-0.05, 0) is 44.4 Å². The van der Waals surface area contributed by atoms with E-state index >= 15 is 0 Å². The molecular formula is C22H29N3O. The topological polar surface area (TPSA) is 38.3 Å². The molecule has 2 fully saturated rings. The highest BCUT2D eigenvalue weighted by molar-refractivity contribution is 5.69. The third-order valence-corrected chi connectivity index (χ3v) is 6.02. The Bertz CT molecular complexity index is 727. The van der Waals surface area contributed by atoms with Gasteiger partial charge in [-0.15, -0.1) is 0 Å². The molecule has 138 valence electrons. The van der Waals surface area contributed by atoms with Crippen LogP contribution in [0.3, 0.4) is 0 Å². The molecular weight excluding hydrogens is 322 g/mol. The molecule has 2 heterocycles. The lowest BCUT2D eigenvalue weighted by molar-refractivity contribution is 0.118. The quantitative estimate of drug-likeness (QED) is 0.803. The minimum atomic E-state index is 0.458. The van der Waals surface area contributed by atoms with E-state index in [0.717, 1.165) is 35.3 Å². The molecule has 0 bridgehead atoms. The van der Waals surface area contributed by atoms with Gasteiger partial charge in [-0.25, -0.2) is 0 Å².